The lowest BCUT2D eigenvalue weighted by Gasteiger charge is -2.19. The van der Waals surface area contributed by atoms with Crippen molar-refractivity contribution in [2.45, 2.75) is 20.1 Å². The standard InChI is InChI=1S/C12H16Br3NO2/c1-3-17-11(18-4-2)7-16-12-9(14)5-8(13)6-10(12)15/h5-6,11,16H,3-4,7H2,1-2H3. The van der Waals surface area contributed by atoms with Crippen molar-refractivity contribution in [3.63, 3.8) is 0 Å². The smallest absolute Gasteiger partial charge is 0.174 e. The monoisotopic (exact) mass is 443 g/mol. The summed E-state index contributed by atoms with van der Waals surface area (Å²) >= 11 is 10.5. The molecule has 0 saturated heterocycles. The molecule has 1 rings (SSSR count). The summed E-state index contributed by atoms with van der Waals surface area (Å²) in [5.41, 5.74) is 0.989. The topological polar surface area (TPSA) is 30.5 Å². The molecular formula is C12H16Br3NO2. The molecule has 0 amide bonds. The molecule has 0 radical (unpaired) electrons. The van der Waals surface area contributed by atoms with Crippen LogP contribution >= 0.6 is 47.8 Å². The van der Waals surface area contributed by atoms with Crippen molar-refractivity contribution in [3.05, 3.63) is 25.6 Å². The fraction of sp³-hybridized carbons (Fsp3) is 0.500. The lowest BCUT2D eigenvalue weighted by molar-refractivity contribution is -0.126. The highest BCUT2D eigenvalue weighted by Crippen LogP contribution is 2.34. The van der Waals surface area contributed by atoms with Crippen molar-refractivity contribution >= 4 is 53.5 Å². The van der Waals surface area contributed by atoms with E-state index in [-0.39, 0.29) is 6.29 Å². The molecule has 0 saturated carbocycles. The van der Waals surface area contributed by atoms with Crippen LogP contribution in [0.4, 0.5) is 5.69 Å². The zero-order chi connectivity index (χ0) is 13.5. The molecule has 0 heterocycles. The second-order valence-corrected chi connectivity index (χ2v) is 6.09. The molecule has 102 valence electrons. The van der Waals surface area contributed by atoms with Crippen molar-refractivity contribution in [2.75, 3.05) is 25.1 Å². The van der Waals surface area contributed by atoms with Crippen LogP contribution in [0.5, 0.6) is 0 Å². The van der Waals surface area contributed by atoms with Crippen LogP contribution in [0, 0.1) is 0 Å². The molecule has 0 spiro atoms. The molecule has 0 aliphatic carbocycles. The van der Waals surface area contributed by atoms with Crippen molar-refractivity contribution < 1.29 is 9.47 Å². The van der Waals surface area contributed by atoms with Gasteiger partial charge >= 0.3 is 0 Å². The maximum Gasteiger partial charge on any atom is 0.174 e. The minimum Gasteiger partial charge on any atom is -0.378 e. The Hall–Kier alpha value is 0.380. The van der Waals surface area contributed by atoms with Crippen LogP contribution in [0.2, 0.25) is 0 Å². The number of hydrogen-bond donors (Lipinski definition) is 1. The first-order chi connectivity index (χ1) is 8.58. The summed E-state index contributed by atoms with van der Waals surface area (Å²) in [4.78, 5) is 0. The first-order valence-electron chi connectivity index (χ1n) is 5.70. The first-order valence-corrected chi connectivity index (χ1v) is 8.08. The Labute approximate surface area is 133 Å². The van der Waals surface area contributed by atoms with E-state index in [9.17, 15) is 0 Å². The second-order valence-electron chi connectivity index (χ2n) is 3.47. The molecule has 3 nitrogen and oxygen atoms in total. The third-order valence-electron chi connectivity index (χ3n) is 2.16. The molecule has 0 bridgehead atoms. The lowest BCUT2D eigenvalue weighted by atomic mass is 10.3. The normalized spacial score (nSPS) is 11.0. The fourth-order valence-electron chi connectivity index (χ4n) is 1.43. The van der Waals surface area contributed by atoms with E-state index in [4.69, 9.17) is 9.47 Å². The predicted molar refractivity (Wildman–Crippen MR) is 85.1 cm³/mol. The van der Waals surface area contributed by atoms with Crippen LogP contribution in [-0.4, -0.2) is 26.0 Å². The zero-order valence-electron chi connectivity index (χ0n) is 10.3. The van der Waals surface area contributed by atoms with Gasteiger partial charge in [0.1, 0.15) is 0 Å². The fourth-order valence-corrected chi connectivity index (χ4v) is 3.97. The van der Waals surface area contributed by atoms with E-state index < -0.39 is 0 Å². The van der Waals surface area contributed by atoms with Crippen LogP contribution in [-0.2, 0) is 9.47 Å². The Morgan fingerprint density at radius 3 is 2.00 bits per heavy atom. The summed E-state index contributed by atoms with van der Waals surface area (Å²) in [5, 5.41) is 3.31. The molecule has 6 heteroatoms. The summed E-state index contributed by atoms with van der Waals surface area (Å²) in [6, 6.07) is 3.98. The molecule has 1 N–H and O–H groups in total. The quantitative estimate of drug-likeness (QED) is 0.612. The summed E-state index contributed by atoms with van der Waals surface area (Å²) < 4.78 is 13.9. The number of halogens is 3. The summed E-state index contributed by atoms with van der Waals surface area (Å²) in [6.07, 6.45) is -0.234. The summed E-state index contributed by atoms with van der Waals surface area (Å²) in [5.74, 6) is 0. The largest absolute Gasteiger partial charge is 0.378 e. The number of ether oxygens (including phenoxy) is 2. The van der Waals surface area contributed by atoms with E-state index in [0.29, 0.717) is 19.8 Å². The second kappa shape index (κ2) is 8.53. The Bertz CT molecular complexity index is 359. The lowest BCUT2D eigenvalue weighted by Crippen LogP contribution is -2.26. The predicted octanol–water partition coefficient (Wildman–Crippen LogP) is 4.79. The SMILES string of the molecule is CCOC(CNc1c(Br)cc(Br)cc1Br)OCC. The Morgan fingerprint density at radius 1 is 1.06 bits per heavy atom. The van der Waals surface area contributed by atoms with Gasteiger partial charge in [0.15, 0.2) is 6.29 Å². The van der Waals surface area contributed by atoms with Crippen molar-refractivity contribution in [3.8, 4) is 0 Å². The molecular weight excluding hydrogens is 430 g/mol. The number of benzene rings is 1. The number of hydrogen-bond acceptors (Lipinski definition) is 3. The zero-order valence-corrected chi connectivity index (χ0v) is 15.1. The van der Waals surface area contributed by atoms with Gasteiger partial charge in [-0.05, 0) is 57.8 Å². The first kappa shape index (κ1) is 16.4. The molecule has 0 unspecified atom stereocenters. The van der Waals surface area contributed by atoms with Gasteiger partial charge in [-0.25, -0.2) is 0 Å². The molecule has 0 fully saturated rings. The summed E-state index contributed by atoms with van der Waals surface area (Å²) in [7, 11) is 0. The van der Waals surface area contributed by atoms with Crippen LogP contribution < -0.4 is 5.32 Å². The van der Waals surface area contributed by atoms with E-state index >= 15 is 0 Å². The molecule has 0 aromatic heterocycles. The number of rotatable bonds is 7. The van der Waals surface area contributed by atoms with Crippen LogP contribution in [0.15, 0.2) is 25.6 Å². The Balaban J connectivity index is 2.66. The minimum atomic E-state index is -0.234. The number of anilines is 1. The van der Waals surface area contributed by atoms with Gasteiger partial charge in [-0.2, -0.15) is 0 Å². The van der Waals surface area contributed by atoms with Crippen molar-refractivity contribution in [1.82, 2.24) is 0 Å². The van der Waals surface area contributed by atoms with Gasteiger partial charge in [0, 0.05) is 26.6 Å². The average Bonchev–Trinajstić information content (AvgIpc) is 2.28. The van der Waals surface area contributed by atoms with Crippen LogP contribution in [0.25, 0.3) is 0 Å². The van der Waals surface area contributed by atoms with E-state index in [2.05, 4.69) is 53.1 Å². The van der Waals surface area contributed by atoms with Gasteiger partial charge in [0.05, 0.1) is 12.2 Å². The van der Waals surface area contributed by atoms with Gasteiger partial charge in [0.2, 0.25) is 0 Å². The van der Waals surface area contributed by atoms with Crippen LogP contribution in [0.3, 0.4) is 0 Å². The highest BCUT2D eigenvalue weighted by atomic mass is 79.9. The molecule has 0 atom stereocenters. The van der Waals surface area contributed by atoms with E-state index in [1.807, 2.05) is 26.0 Å². The van der Waals surface area contributed by atoms with Gasteiger partial charge in [-0.1, -0.05) is 15.9 Å². The average molecular weight is 446 g/mol. The highest BCUT2D eigenvalue weighted by Gasteiger charge is 2.11. The third kappa shape index (κ3) is 5.17. The van der Waals surface area contributed by atoms with E-state index in [0.717, 1.165) is 19.1 Å². The molecule has 0 aliphatic rings. The maximum atomic E-state index is 5.48. The molecule has 1 aromatic carbocycles. The maximum absolute atomic E-state index is 5.48. The van der Waals surface area contributed by atoms with E-state index in [1.165, 1.54) is 0 Å². The van der Waals surface area contributed by atoms with E-state index in [1.54, 1.807) is 0 Å². The van der Waals surface area contributed by atoms with Crippen molar-refractivity contribution in [2.24, 2.45) is 0 Å². The third-order valence-corrected chi connectivity index (χ3v) is 3.87. The number of nitrogens with one attached hydrogen (secondary N) is 1. The highest BCUT2D eigenvalue weighted by molar-refractivity contribution is 9.11. The van der Waals surface area contributed by atoms with Gasteiger partial charge in [-0.15, -0.1) is 0 Å². The van der Waals surface area contributed by atoms with Gasteiger partial charge in [0.25, 0.3) is 0 Å². The summed E-state index contributed by atoms with van der Waals surface area (Å²) in [6.45, 7) is 5.78. The molecule has 18 heavy (non-hydrogen) atoms. The van der Waals surface area contributed by atoms with Crippen LogP contribution in [0.1, 0.15) is 13.8 Å². The minimum absolute atomic E-state index is 0.234. The Morgan fingerprint density at radius 2 is 1.56 bits per heavy atom. The van der Waals surface area contributed by atoms with Gasteiger partial charge < -0.3 is 14.8 Å². The molecule has 1 aromatic rings. The van der Waals surface area contributed by atoms with Gasteiger partial charge in [-0.3, -0.25) is 0 Å². The molecule has 0 aliphatic heterocycles. The van der Waals surface area contributed by atoms with Crippen molar-refractivity contribution in [1.29, 1.82) is 0 Å². The Kier molecular flexibility index (Phi) is 7.79.